The summed E-state index contributed by atoms with van der Waals surface area (Å²) in [6.45, 7) is 1.45. The van der Waals surface area contributed by atoms with E-state index in [0.717, 1.165) is 30.2 Å². The number of aromatic nitrogens is 2. The third kappa shape index (κ3) is 5.69. The molecule has 3 aromatic rings. The zero-order valence-electron chi connectivity index (χ0n) is 15.8. The van der Waals surface area contributed by atoms with Crippen molar-refractivity contribution in [3.8, 4) is 6.07 Å². The molecular formula is C22H21F3N4. The molecule has 0 aliphatic carbocycles. The van der Waals surface area contributed by atoms with Crippen LogP contribution in [-0.4, -0.2) is 16.1 Å². The van der Waals surface area contributed by atoms with Crippen LogP contribution in [0.3, 0.4) is 0 Å². The minimum atomic E-state index is -4.34. The molecule has 7 heteroatoms. The van der Waals surface area contributed by atoms with Crippen LogP contribution in [0.2, 0.25) is 0 Å². The molecular weight excluding hydrogens is 377 g/mol. The van der Waals surface area contributed by atoms with E-state index < -0.39 is 11.7 Å². The van der Waals surface area contributed by atoms with Gasteiger partial charge in [0, 0.05) is 25.0 Å². The maximum absolute atomic E-state index is 13.0. The third-order valence-corrected chi connectivity index (χ3v) is 4.66. The largest absolute Gasteiger partial charge is 0.416 e. The quantitative estimate of drug-likeness (QED) is 0.567. The average Bonchev–Trinajstić information content (AvgIpc) is 3.15. The summed E-state index contributed by atoms with van der Waals surface area (Å²) in [4.78, 5) is 4.20. The van der Waals surface area contributed by atoms with E-state index in [-0.39, 0.29) is 12.1 Å². The monoisotopic (exact) mass is 398 g/mol. The molecule has 0 unspecified atom stereocenters. The highest BCUT2D eigenvalue weighted by Gasteiger charge is 2.32. The van der Waals surface area contributed by atoms with Crippen molar-refractivity contribution in [2.24, 2.45) is 0 Å². The Morgan fingerprint density at radius 1 is 1.07 bits per heavy atom. The number of imidazole rings is 1. The number of hydrogen-bond donors (Lipinski definition) is 1. The molecule has 3 rings (SSSR count). The molecule has 0 fully saturated rings. The van der Waals surface area contributed by atoms with Crippen molar-refractivity contribution in [2.45, 2.75) is 32.1 Å². The molecule has 150 valence electrons. The van der Waals surface area contributed by atoms with Crippen LogP contribution in [0.4, 0.5) is 13.2 Å². The third-order valence-electron chi connectivity index (χ3n) is 4.66. The van der Waals surface area contributed by atoms with E-state index in [9.17, 15) is 13.2 Å². The van der Waals surface area contributed by atoms with Crippen LogP contribution >= 0.6 is 0 Å². The predicted octanol–water partition coefficient (Wildman–Crippen LogP) is 4.54. The molecule has 1 aromatic heterocycles. The lowest BCUT2D eigenvalue weighted by Crippen LogP contribution is -2.19. The molecule has 0 amide bonds. The van der Waals surface area contributed by atoms with Crippen molar-refractivity contribution in [2.75, 3.05) is 6.54 Å². The van der Waals surface area contributed by atoms with E-state index in [0.29, 0.717) is 18.7 Å². The first-order valence-corrected chi connectivity index (χ1v) is 9.31. The number of halogens is 3. The highest BCUT2D eigenvalue weighted by Crippen LogP contribution is 2.31. The van der Waals surface area contributed by atoms with Gasteiger partial charge in [-0.05, 0) is 48.7 Å². The lowest BCUT2D eigenvalue weighted by Gasteiger charge is -2.13. The molecule has 29 heavy (non-hydrogen) atoms. The molecule has 0 aliphatic rings. The summed E-state index contributed by atoms with van der Waals surface area (Å²) in [5, 5.41) is 12.0. The van der Waals surface area contributed by atoms with Crippen molar-refractivity contribution in [1.82, 2.24) is 14.9 Å². The first-order chi connectivity index (χ1) is 14.0. The lowest BCUT2D eigenvalue weighted by atomic mass is 10.1. The Bertz CT molecular complexity index is 969. The van der Waals surface area contributed by atoms with Gasteiger partial charge in [-0.1, -0.05) is 30.3 Å². The van der Waals surface area contributed by atoms with Crippen LogP contribution in [0, 0.1) is 11.3 Å². The second-order valence-corrected chi connectivity index (χ2v) is 6.76. The number of alkyl halides is 3. The minimum Gasteiger partial charge on any atom is -0.330 e. The molecule has 2 aromatic carbocycles. The van der Waals surface area contributed by atoms with Crippen LogP contribution < -0.4 is 5.32 Å². The van der Waals surface area contributed by atoms with Crippen LogP contribution in [0.25, 0.3) is 0 Å². The fourth-order valence-corrected chi connectivity index (χ4v) is 3.15. The zero-order chi connectivity index (χ0) is 20.7. The van der Waals surface area contributed by atoms with Gasteiger partial charge in [0.1, 0.15) is 0 Å². The van der Waals surface area contributed by atoms with Gasteiger partial charge in [-0.2, -0.15) is 18.4 Å². The van der Waals surface area contributed by atoms with E-state index in [2.05, 4.69) is 16.4 Å². The number of nitrogens with one attached hydrogen (secondary N) is 1. The Balaban J connectivity index is 1.49. The van der Waals surface area contributed by atoms with Gasteiger partial charge in [0.2, 0.25) is 0 Å². The van der Waals surface area contributed by atoms with Crippen molar-refractivity contribution in [1.29, 1.82) is 5.26 Å². The average molecular weight is 398 g/mol. The summed E-state index contributed by atoms with van der Waals surface area (Å²) in [5.41, 5.74) is 2.42. The maximum atomic E-state index is 13.0. The van der Waals surface area contributed by atoms with Crippen LogP contribution in [0.5, 0.6) is 0 Å². The van der Waals surface area contributed by atoms with E-state index in [1.54, 1.807) is 24.5 Å². The second-order valence-electron chi connectivity index (χ2n) is 6.76. The minimum absolute atomic E-state index is 0.181. The predicted molar refractivity (Wildman–Crippen MR) is 104 cm³/mol. The molecule has 0 bridgehead atoms. The Labute approximate surface area is 167 Å². The number of nitrogens with zero attached hydrogens (tertiary/aromatic N) is 3. The number of aryl methyl sites for hydroxylation is 1. The molecule has 1 heterocycles. The van der Waals surface area contributed by atoms with Crippen molar-refractivity contribution >= 4 is 0 Å². The van der Waals surface area contributed by atoms with Gasteiger partial charge < -0.3 is 9.88 Å². The SMILES string of the molecule is N#Cc1ccc(Cn2cncc2CCCNCc2ccccc2C(F)(F)F)cc1. The topological polar surface area (TPSA) is 53.6 Å². The van der Waals surface area contributed by atoms with Crippen molar-refractivity contribution < 1.29 is 13.2 Å². The van der Waals surface area contributed by atoms with Gasteiger partial charge in [-0.15, -0.1) is 0 Å². The Hall–Kier alpha value is -3.11. The zero-order valence-corrected chi connectivity index (χ0v) is 15.8. The van der Waals surface area contributed by atoms with E-state index >= 15 is 0 Å². The van der Waals surface area contributed by atoms with Gasteiger partial charge in [-0.3, -0.25) is 0 Å². The van der Waals surface area contributed by atoms with E-state index in [1.807, 2.05) is 22.9 Å². The van der Waals surface area contributed by atoms with Gasteiger partial charge in [-0.25, -0.2) is 4.98 Å². The Kier molecular flexibility index (Phi) is 6.68. The number of hydrogen-bond acceptors (Lipinski definition) is 3. The van der Waals surface area contributed by atoms with Crippen LogP contribution in [0.1, 0.15) is 34.4 Å². The number of rotatable bonds is 8. The highest BCUT2D eigenvalue weighted by molar-refractivity contribution is 5.32. The van der Waals surface area contributed by atoms with E-state index in [4.69, 9.17) is 5.26 Å². The second kappa shape index (κ2) is 9.39. The summed E-state index contributed by atoms with van der Waals surface area (Å²) >= 11 is 0. The molecule has 0 saturated heterocycles. The van der Waals surface area contributed by atoms with Gasteiger partial charge in [0.15, 0.2) is 0 Å². The summed E-state index contributed by atoms with van der Waals surface area (Å²) < 4.78 is 41.1. The molecule has 0 aliphatic heterocycles. The number of nitriles is 1. The number of benzene rings is 2. The van der Waals surface area contributed by atoms with Crippen LogP contribution in [0.15, 0.2) is 61.1 Å². The summed E-state index contributed by atoms with van der Waals surface area (Å²) in [6.07, 6.45) is 0.788. The highest BCUT2D eigenvalue weighted by atomic mass is 19.4. The summed E-state index contributed by atoms with van der Waals surface area (Å²) in [6, 6.07) is 15.1. The Morgan fingerprint density at radius 2 is 1.83 bits per heavy atom. The van der Waals surface area contributed by atoms with Gasteiger partial charge >= 0.3 is 6.18 Å². The fourth-order valence-electron chi connectivity index (χ4n) is 3.15. The lowest BCUT2D eigenvalue weighted by molar-refractivity contribution is -0.138. The Morgan fingerprint density at radius 3 is 2.55 bits per heavy atom. The molecule has 1 N–H and O–H groups in total. The molecule has 0 saturated carbocycles. The van der Waals surface area contributed by atoms with Gasteiger partial charge in [0.05, 0.1) is 23.5 Å². The molecule has 0 atom stereocenters. The molecule has 0 spiro atoms. The molecule has 4 nitrogen and oxygen atoms in total. The van der Waals surface area contributed by atoms with Crippen LogP contribution in [-0.2, 0) is 25.7 Å². The summed E-state index contributed by atoms with van der Waals surface area (Å²) in [7, 11) is 0. The molecule has 0 radical (unpaired) electrons. The van der Waals surface area contributed by atoms with Crippen molar-refractivity contribution in [3.05, 3.63) is 89.0 Å². The normalized spacial score (nSPS) is 11.4. The summed E-state index contributed by atoms with van der Waals surface area (Å²) in [5.74, 6) is 0. The smallest absolute Gasteiger partial charge is 0.330 e. The maximum Gasteiger partial charge on any atom is 0.416 e. The van der Waals surface area contributed by atoms with Gasteiger partial charge in [0.25, 0.3) is 0 Å². The first-order valence-electron chi connectivity index (χ1n) is 9.31. The van der Waals surface area contributed by atoms with E-state index in [1.165, 1.54) is 12.1 Å². The standard InChI is InChI=1S/C22H21F3N4/c23-22(24,25)21-6-2-1-4-19(21)13-27-11-3-5-20-14-28-16-29(20)15-18-9-7-17(12-26)8-10-18/h1-2,4,6-10,14,16,27H,3,5,11,13,15H2. The fraction of sp³-hybridized carbons (Fsp3) is 0.273. The van der Waals surface area contributed by atoms with Crippen molar-refractivity contribution in [3.63, 3.8) is 0 Å². The first kappa shape index (κ1) is 20.6.